The molecule has 4 aromatic carbocycles. The Hall–Kier alpha value is -3.63. The Morgan fingerprint density at radius 2 is 1.56 bits per heavy atom. The molecule has 160 valence electrons. The van der Waals surface area contributed by atoms with E-state index in [1.165, 1.54) is 21.9 Å². The Morgan fingerprint density at radius 1 is 0.812 bits per heavy atom. The number of hydrazone groups is 1. The van der Waals surface area contributed by atoms with Gasteiger partial charge in [-0.05, 0) is 40.6 Å². The SMILES string of the molecule is COCCOc1ccc(C2CC(c3cccc4ccccc34)=NN2c2ccccc2)cc1. The Labute approximate surface area is 188 Å². The third-order valence-corrected chi connectivity index (χ3v) is 5.85. The Morgan fingerprint density at radius 3 is 2.38 bits per heavy atom. The molecule has 0 amide bonds. The first-order valence-electron chi connectivity index (χ1n) is 10.9. The van der Waals surface area contributed by atoms with E-state index in [-0.39, 0.29) is 6.04 Å². The average Bonchev–Trinajstić information content (AvgIpc) is 3.30. The molecule has 4 heteroatoms. The number of methoxy groups -OCH3 is 1. The molecule has 1 heterocycles. The summed E-state index contributed by atoms with van der Waals surface area (Å²) in [5.41, 5.74) is 4.61. The van der Waals surface area contributed by atoms with E-state index in [1.807, 2.05) is 18.2 Å². The first kappa shape index (κ1) is 20.3. The molecule has 0 fully saturated rings. The number of ether oxygens (including phenoxy) is 2. The number of fused-ring (bicyclic) bond motifs is 1. The van der Waals surface area contributed by atoms with Crippen molar-refractivity contribution in [1.82, 2.24) is 0 Å². The van der Waals surface area contributed by atoms with E-state index in [9.17, 15) is 0 Å². The second-order valence-electron chi connectivity index (χ2n) is 7.88. The van der Waals surface area contributed by atoms with E-state index in [4.69, 9.17) is 14.6 Å². The third-order valence-electron chi connectivity index (χ3n) is 5.85. The van der Waals surface area contributed by atoms with Crippen LogP contribution in [0, 0.1) is 0 Å². The summed E-state index contributed by atoms with van der Waals surface area (Å²) in [5, 5.41) is 9.75. The van der Waals surface area contributed by atoms with Crippen LogP contribution in [0.3, 0.4) is 0 Å². The van der Waals surface area contributed by atoms with Gasteiger partial charge in [-0.3, -0.25) is 5.01 Å². The zero-order valence-electron chi connectivity index (χ0n) is 18.1. The van der Waals surface area contributed by atoms with E-state index in [1.54, 1.807) is 7.11 Å². The first-order chi connectivity index (χ1) is 15.8. The molecule has 0 bridgehead atoms. The third kappa shape index (κ3) is 4.10. The molecule has 1 unspecified atom stereocenters. The van der Waals surface area contributed by atoms with E-state index in [0.29, 0.717) is 13.2 Å². The van der Waals surface area contributed by atoms with Crippen molar-refractivity contribution in [1.29, 1.82) is 0 Å². The average molecular weight is 423 g/mol. The quantitative estimate of drug-likeness (QED) is 0.332. The van der Waals surface area contributed by atoms with Gasteiger partial charge in [-0.2, -0.15) is 5.10 Å². The van der Waals surface area contributed by atoms with Gasteiger partial charge in [0.15, 0.2) is 0 Å². The fraction of sp³-hybridized carbons (Fsp3) is 0.179. The minimum atomic E-state index is 0.124. The summed E-state index contributed by atoms with van der Waals surface area (Å²) in [6, 6.07) is 33.8. The van der Waals surface area contributed by atoms with Crippen LogP contribution in [0.5, 0.6) is 5.75 Å². The fourth-order valence-corrected chi connectivity index (χ4v) is 4.26. The molecule has 4 aromatic rings. The van der Waals surface area contributed by atoms with Crippen molar-refractivity contribution in [2.45, 2.75) is 12.5 Å². The molecule has 0 aliphatic carbocycles. The van der Waals surface area contributed by atoms with E-state index in [2.05, 4.69) is 83.9 Å². The van der Waals surface area contributed by atoms with Gasteiger partial charge < -0.3 is 9.47 Å². The molecular weight excluding hydrogens is 396 g/mol. The number of benzene rings is 4. The second kappa shape index (κ2) is 9.25. The Bertz CT molecular complexity index is 1210. The minimum absolute atomic E-state index is 0.124. The van der Waals surface area contributed by atoms with Crippen LogP contribution in [0.4, 0.5) is 5.69 Å². The summed E-state index contributed by atoms with van der Waals surface area (Å²) >= 11 is 0. The summed E-state index contributed by atoms with van der Waals surface area (Å²) in [7, 11) is 1.68. The van der Waals surface area contributed by atoms with Gasteiger partial charge in [-0.1, -0.05) is 72.8 Å². The zero-order valence-corrected chi connectivity index (χ0v) is 18.1. The number of rotatable bonds is 7. The van der Waals surface area contributed by atoms with Gasteiger partial charge in [0.25, 0.3) is 0 Å². The molecule has 0 aromatic heterocycles. The smallest absolute Gasteiger partial charge is 0.119 e. The lowest BCUT2D eigenvalue weighted by atomic mass is 9.95. The summed E-state index contributed by atoms with van der Waals surface area (Å²) in [4.78, 5) is 0. The van der Waals surface area contributed by atoms with Crippen molar-refractivity contribution in [3.8, 4) is 5.75 Å². The van der Waals surface area contributed by atoms with Gasteiger partial charge in [-0.25, -0.2) is 0 Å². The molecule has 5 rings (SSSR count). The fourth-order valence-electron chi connectivity index (χ4n) is 4.26. The lowest BCUT2D eigenvalue weighted by molar-refractivity contribution is 0.146. The van der Waals surface area contributed by atoms with Crippen LogP contribution in [0.2, 0.25) is 0 Å². The maximum Gasteiger partial charge on any atom is 0.119 e. The summed E-state index contributed by atoms with van der Waals surface area (Å²) in [6.07, 6.45) is 0.840. The highest BCUT2D eigenvalue weighted by Gasteiger charge is 2.30. The molecule has 0 N–H and O–H groups in total. The largest absolute Gasteiger partial charge is 0.491 e. The summed E-state index contributed by atoms with van der Waals surface area (Å²) in [5.74, 6) is 0.852. The highest BCUT2D eigenvalue weighted by molar-refractivity contribution is 6.12. The summed E-state index contributed by atoms with van der Waals surface area (Å²) < 4.78 is 10.8. The standard InChI is InChI=1S/C28H26N2O2/c1-31-18-19-32-24-16-14-22(15-17-24)28-20-27(29-30(28)23-10-3-2-4-11-23)26-13-7-9-21-8-5-6-12-25(21)26/h2-17,28H,18-20H2,1H3. The van der Waals surface area contributed by atoms with Crippen molar-refractivity contribution in [2.24, 2.45) is 5.10 Å². The van der Waals surface area contributed by atoms with Crippen LogP contribution < -0.4 is 9.75 Å². The van der Waals surface area contributed by atoms with Gasteiger partial charge in [0.05, 0.1) is 24.0 Å². The van der Waals surface area contributed by atoms with Crippen LogP contribution in [0.1, 0.15) is 23.6 Å². The first-order valence-corrected chi connectivity index (χ1v) is 10.9. The van der Waals surface area contributed by atoms with Crippen LogP contribution in [-0.2, 0) is 4.74 Å². The lowest BCUT2D eigenvalue weighted by Crippen LogP contribution is -2.18. The predicted molar refractivity (Wildman–Crippen MR) is 131 cm³/mol. The highest BCUT2D eigenvalue weighted by atomic mass is 16.5. The number of hydrogen-bond donors (Lipinski definition) is 0. The van der Waals surface area contributed by atoms with Crippen LogP contribution in [0.25, 0.3) is 10.8 Å². The number of hydrogen-bond acceptors (Lipinski definition) is 4. The molecule has 1 atom stereocenters. The van der Waals surface area contributed by atoms with E-state index >= 15 is 0 Å². The number of nitrogens with zero attached hydrogens (tertiary/aromatic N) is 2. The molecule has 1 aliphatic rings. The van der Waals surface area contributed by atoms with Gasteiger partial charge >= 0.3 is 0 Å². The van der Waals surface area contributed by atoms with E-state index in [0.717, 1.165) is 23.6 Å². The second-order valence-corrected chi connectivity index (χ2v) is 7.88. The monoisotopic (exact) mass is 422 g/mol. The minimum Gasteiger partial charge on any atom is -0.491 e. The van der Waals surface area contributed by atoms with Crippen molar-refractivity contribution < 1.29 is 9.47 Å². The molecule has 0 radical (unpaired) electrons. The normalized spacial score (nSPS) is 15.7. The Balaban J connectivity index is 1.49. The van der Waals surface area contributed by atoms with E-state index < -0.39 is 0 Å². The molecule has 0 spiro atoms. The van der Waals surface area contributed by atoms with Gasteiger partial charge in [-0.15, -0.1) is 0 Å². The van der Waals surface area contributed by atoms with Gasteiger partial charge in [0, 0.05) is 19.1 Å². The van der Waals surface area contributed by atoms with Crippen LogP contribution in [-0.4, -0.2) is 26.0 Å². The van der Waals surface area contributed by atoms with Crippen molar-refractivity contribution >= 4 is 22.2 Å². The predicted octanol–water partition coefficient (Wildman–Crippen LogP) is 6.22. The zero-order chi connectivity index (χ0) is 21.8. The topological polar surface area (TPSA) is 34.1 Å². The molecule has 1 aliphatic heterocycles. The number of para-hydroxylation sites is 1. The van der Waals surface area contributed by atoms with Gasteiger partial charge in [0.2, 0.25) is 0 Å². The lowest BCUT2D eigenvalue weighted by Gasteiger charge is -2.24. The molecular formula is C28H26N2O2. The van der Waals surface area contributed by atoms with Gasteiger partial charge in [0.1, 0.15) is 12.4 Å². The van der Waals surface area contributed by atoms with Crippen LogP contribution >= 0.6 is 0 Å². The molecule has 4 nitrogen and oxygen atoms in total. The molecule has 0 saturated carbocycles. The Kier molecular flexibility index (Phi) is 5.86. The van der Waals surface area contributed by atoms with Crippen molar-refractivity contribution in [2.75, 3.05) is 25.3 Å². The molecule has 32 heavy (non-hydrogen) atoms. The number of anilines is 1. The highest BCUT2D eigenvalue weighted by Crippen LogP contribution is 2.38. The molecule has 0 saturated heterocycles. The maximum atomic E-state index is 5.75. The maximum absolute atomic E-state index is 5.75. The van der Waals surface area contributed by atoms with Crippen LogP contribution in [0.15, 0.2) is 102 Å². The van der Waals surface area contributed by atoms with Crippen molar-refractivity contribution in [3.05, 3.63) is 108 Å². The summed E-state index contributed by atoms with van der Waals surface area (Å²) in [6.45, 7) is 1.12. The van der Waals surface area contributed by atoms with Crippen molar-refractivity contribution in [3.63, 3.8) is 0 Å².